The van der Waals surface area contributed by atoms with Gasteiger partial charge < -0.3 is 20.3 Å². The maximum atomic E-state index is 12.0. The summed E-state index contributed by atoms with van der Waals surface area (Å²) in [6.45, 7) is 7.58. The molecular weight excluding hydrogens is 334 g/mol. The number of nitrogen functional groups attached to an aromatic ring is 1. The van der Waals surface area contributed by atoms with Crippen LogP contribution in [0.4, 0.5) is 22.1 Å². The number of aromatic nitrogens is 1. The SMILES string of the molecule is CC(C)(C)OC(=O)N1CCN(c2ccc([N+](=O)[O-])c(N)n2)CC1.S. The van der Waals surface area contributed by atoms with E-state index in [1.54, 1.807) is 11.0 Å². The Hall–Kier alpha value is -2.23. The molecule has 0 atom stereocenters. The second-order valence-electron chi connectivity index (χ2n) is 6.29. The van der Waals surface area contributed by atoms with E-state index in [1.165, 1.54) is 6.07 Å². The van der Waals surface area contributed by atoms with Gasteiger partial charge in [-0.15, -0.1) is 0 Å². The van der Waals surface area contributed by atoms with Gasteiger partial charge in [0.15, 0.2) is 0 Å². The van der Waals surface area contributed by atoms with Gasteiger partial charge in [0.05, 0.1) is 4.92 Å². The first-order valence-corrected chi connectivity index (χ1v) is 7.31. The largest absolute Gasteiger partial charge is 0.444 e. The molecule has 0 spiro atoms. The highest BCUT2D eigenvalue weighted by molar-refractivity contribution is 7.59. The Morgan fingerprint density at radius 1 is 1.29 bits per heavy atom. The molecule has 0 aromatic carbocycles. The molecule has 2 rings (SSSR count). The third-order valence-electron chi connectivity index (χ3n) is 3.34. The van der Waals surface area contributed by atoms with Crippen LogP contribution in [0.3, 0.4) is 0 Å². The van der Waals surface area contributed by atoms with Gasteiger partial charge in [-0.1, -0.05) is 0 Å². The average molecular weight is 357 g/mol. The lowest BCUT2D eigenvalue weighted by molar-refractivity contribution is -0.384. The van der Waals surface area contributed by atoms with Crippen LogP contribution in [0.5, 0.6) is 0 Å². The molecule has 2 heterocycles. The van der Waals surface area contributed by atoms with Crippen molar-refractivity contribution in [1.29, 1.82) is 0 Å². The number of nitro groups is 1. The fourth-order valence-corrected chi connectivity index (χ4v) is 2.23. The Morgan fingerprint density at radius 2 is 1.88 bits per heavy atom. The first kappa shape index (κ1) is 19.8. The zero-order chi connectivity index (χ0) is 17.2. The number of hydrogen-bond donors (Lipinski definition) is 1. The van der Waals surface area contributed by atoms with E-state index in [4.69, 9.17) is 10.5 Å². The third kappa shape index (κ3) is 4.88. The predicted molar refractivity (Wildman–Crippen MR) is 95.7 cm³/mol. The fraction of sp³-hybridized carbons (Fsp3) is 0.571. The third-order valence-corrected chi connectivity index (χ3v) is 3.34. The van der Waals surface area contributed by atoms with Gasteiger partial charge in [0.2, 0.25) is 5.82 Å². The summed E-state index contributed by atoms with van der Waals surface area (Å²) in [4.78, 5) is 29.8. The summed E-state index contributed by atoms with van der Waals surface area (Å²) in [7, 11) is 0. The maximum Gasteiger partial charge on any atom is 0.410 e. The van der Waals surface area contributed by atoms with E-state index < -0.39 is 10.5 Å². The number of amides is 1. The van der Waals surface area contributed by atoms with Crippen LogP contribution in [0.1, 0.15) is 20.8 Å². The number of rotatable bonds is 2. The predicted octanol–water partition coefficient (Wildman–Crippen LogP) is 1.74. The normalized spacial score (nSPS) is 14.8. The summed E-state index contributed by atoms with van der Waals surface area (Å²) in [5.41, 5.74) is 4.88. The number of nitrogens with zero attached hydrogens (tertiary/aromatic N) is 4. The maximum absolute atomic E-state index is 12.0. The first-order valence-electron chi connectivity index (χ1n) is 7.31. The molecule has 0 radical (unpaired) electrons. The number of carbonyl (C=O) groups is 1. The average Bonchev–Trinajstić information content (AvgIpc) is 2.45. The molecule has 0 saturated carbocycles. The summed E-state index contributed by atoms with van der Waals surface area (Å²) < 4.78 is 5.34. The molecule has 1 saturated heterocycles. The summed E-state index contributed by atoms with van der Waals surface area (Å²) in [5, 5.41) is 10.8. The summed E-state index contributed by atoms with van der Waals surface area (Å²) >= 11 is 0. The van der Waals surface area contributed by atoms with E-state index in [9.17, 15) is 14.9 Å². The van der Waals surface area contributed by atoms with E-state index in [0.717, 1.165) is 0 Å². The lowest BCUT2D eigenvalue weighted by atomic mass is 10.2. The number of carbonyl (C=O) groups excluding carboxylic acids is 1. The van der Waals surface area contributed by atoms with Gasteiger partial charge in [0.25, 0.3) is 0 Å². The van der Waals surface area contributed by atoms with Gasteiger partial charge >= 0.3 is 11.8 Å². The molecule has 9 nitrogen and oxygen atoms in total. The van der Waals surface area contributed by atoms with Crippen molar-refractivity contribution in [2.45, 2.75) is 26.4 Å². The standard InChI is InChI=1S/C14H21N5O4.H2S/c1-14(2,3)23-13(20)18-8-6-17(7-9-18)11-5-4-10(19(21)22)12(15)16-11;/h4-5H,6-9H2,1-3H3,(H2,15,16);1H2. The van der Waals surface area contributed by atoms with Crippen molar-refractivity contribution >= 4 is 36.9 Å². The van der Waals surface area contributed by atoms with E-state index in [2.05, 4.69) is 4.98 Å². The first-order chi connectivity index (χ1) is 10.7. The Labute approximate surface area is 147 Å². The van der Waals surface area contributed by atoms with Crippen molar-refractivity contribution in [3.8, 4) is 0 Å². The minimum Gasteiger partial charge on any atom is -0.444 e. The fourth-order valence-electron chi connectivity index (χ4n) is 2.23. The molecule has 0 bridgehead atoms. The lowest BCUT2D eigenvalue weighted by Crippen LogP contribution is -2.50. The number of hydrogen-bond acceptors (Lipinski definition) is 7. The smallest absolute Gasteiger partial charge is 0.410 e. The van der Waals surface area contributed by atoms with Crippen LogP contribution in [0.2, 0.25) is 0 Å². The molecule has 0 unspecified atom stereocenters. The van der Waals surface area contributed by atoms with Gasteiger partial charge in [0, 0.05) is 32.2 Å². The minimum atomic E-state index is -0.563. The zero-order valence-electron chi connectivity index (χ0n) is 14.0. The highest BCUT2D eigenvalue weighted by atomic mass is 32.1. The lowest BCUT2D eigenvalue weighted by Gasteiger charge is -2.36. The number of nitrogens with two attached hydrogens (primary N) is 1. The Balaban J connectivity index is 0.00000288. The zero-order valence-corrected chi connectivity index (χ0v) is 15.0. The molecule has 1 aromatic rings. The molecule has 1 aromatic heterocycles. The van der Waals surface area contributed by atoms with Crippen LogP contribution in [0, 0.1) is 10.1 Å². The van der Waals surface area contributed by atoms with E-state index in [-0.39, 0.29) is 31.1 Å². The van der Waals surface area contributed by atoms with Crippen LogP contribution < -0.4 is 10.6 Å². The molecule has 1 aliphatic heterocycles. The second-order valence-corrected chi connectivity index (χ2v) is 6.29. The highest BCUT2D eigenvalue weighted by Crippen LogP contribution is 2.24. The summed E-state index contributed by atoms with van der Waals surface area (Å²) in [6, 6.07) is 2.91. The Morgan fingerprint density at radius 3 is 2.33 bits per heavy atom. The van der Waals surface area contributed by atoms with Crippen LogP contribution >= 0.6 is 13.5 Å². The van der Waals surface area contributed by atoms with E-state index in [1.807, 2.05) is 25.7 Å². The topological polar surface area (TPSA) is 115 Å². The number of pyridine rings is 1. The van der Waals surface area contributed by atoms with E-state index >= 15 is 0 Å². The monoisotopic (exact) mass is 357 g/mol. The minimum absolute atomic E-state index is 0. The molecule has 2 N–H and O–H groups in total. The van der Waals surface area contributed by atoms with Gasteiger partial charge in [-0.2, -0.15) is 13.5 Å². The number of anilines is 2. The molecule has 134 valence electrons. The van der Waals surface area contributed by atoms with Gasteiger partial charge in [-0.25, -0.2) is 9.78 Å². The summed E-state index contributed by atoms with van der Waals surface area (Å²) in [6.07, 6.45) is -0.340. The van der Waals surface area contributed by atoms with Gasteiger partial charge in [-0.3, -0.25) is 10.1 Å². The van der Waals surface area contributed by atoms with Gasteiger partial charge in [0.1, 0.15) is 11.4 Å². The van der Waals surface area contributed by atoms with Crippen LogP contribution in [-0.2, 0) is 4.74 Å². The van der Waals surface area contributed by atoms with Crippen molar-refractivity contribution in [2.24, 2.45) is 0 Å². The number of piperazine rings is 1. The molecule has 10 heteroatoms. The molecule has 1 aliphatic rings. The van der Waals surface area contributed by atoms with Crippen LogP contribution in [0.25, 0.3) is 0 Å². The molecular formula is C14H23N5O4S. The van der Waals surface area contributed by atoms with Crippen molar-refractivity contribution in [1.82, 2.24) is 9.88 Å². The van der Waals surface area contributed by atoms with Crippen molar-refractivity contribution < 1.29 is 14.5 Å². The number of ether oxygens (including phenoxy) is 1. The van der Waals surface area contributed by atoms with E-state index in [0.29, 0.717) is 32.0 Å². The van der Waals surface area contributed by atoms with Gasteiger partial charge in [-0.05, 0) is 26.8 Å². The van der Waals surface area contributed by atoms with Crippen molar-refractivity contribution in [2.75, 3.05) is 36.8 Å². The quantitative estimate of drug-likeness (QED) is 0.633. The Kier molecular flexibility index (Phi) is 6.24. The Bertz CT molecular complexity index is 612. The van der Waals surface area contributed by atoms with Crippen molar-refractivity contribution in [3.63, 3.8) is 0 Å². The molecule has 1 amide bonds. The molecule has 0 aliphatic carbocycles. The van der Waals surface area contributed by atoms with Crippen molar-refractivity contribution in [3.05, 3.63) is 22.2 Å². The second kappa shape index (κ2) is 7.56. The van der Waals surface area contributed by atoms with Crippen LogP contribution in [0.15, 0.2) is 12.1 Å². The molecule has 24 heavy (non-hydrogen) atoms. The molecule has 1 fully saturated rings. The highest BCUT2D eigenvalue weighted by Gasteiger charge is 2.26. The summed E-state index contributed by atoms with van der Waals surface area (Å²) in [5.74, 6) is 0.457. The van der Waals surface area contributed by atoms with Crippen LogP contribution in [-0.4, -0.2) is 52.7 Å².